The third kappa shape index (κ3) is 1.47. The molecular weight excluding hydrogens is 172 g/mol. The van der Waals surface area contributed by atoms with Gasteiger partial charge in [-0.2, -0.15) is 0 Å². The maximum atomic E-state index is 11.4. The standard InChI is InChI=1S/C13H16O/c1-9-7-8-12(10(2)14)13-6-4-3-5-11(9)13/h7-8H,3-6H2,1-2H3. The maximum Gasteiger partial charge on any atom is 0.160 e. The second-order valence-corrected chi connectivity index (χ2v) is 4.15. The molecule has 0 bridgehead atoms. The fraction of sp³-hybridized carbons (Fsp3) is 0.462. The molecule has 0 N–H and O–H groups in total. The van der Waals surface area contributed by atoms with Crippen molar-refractivity contribution in [2.45, 2.75) is 39.5 Å². The van der Waals surface area contributed by atoms with Crippen molar-refractivity contribution in [1.29, 1.82) is 0 Å². The Balaban J connectivity index is 2.59. The lowest BCUT2D eigenvalue weighted by Gasteiger charge is -2.20. The van der Waals surface area contributed by atoms with Gasteiger partial charge in [0.1, 0.15) is 0 Å². The van der Waals surface area contributed by atoms with Crippen molar-refractivity contribution in [3.05, 3.63) is 34.4 Å². The van der Waals surface area contributed by atoms with Gasteiger partial charge in [-0.3, -0.25) is 4.79 Å². The minimum Gasteiger partial charge on any atom is -0.295 e. The fourth-order valence-corrected chi connectivity index (χ4v) is 2.38. The molecule has 1 heteroatoms. The lowest BCUT2D eigenvalue weighted by molar-refractivity contribution is 0.101. The molecule has 1 aliphatic rings. The lowest BCUT2D eigenvalue weighted by atomic mass is 9.84. The number of hydrogen-bond acceptors (Lipinski definition) is 1. The van der Waals surface area contributed by atoms with Crippen LogP contribution in [0.3, 0.4) is 0 Å². The Kier molecular flexibility index (Phi) is 2.40. The lowest BCUT2D eigenvalue weighted by Crippen LogP contribution is -2.10. The van der Waals surface area contributed by atoms with Crippen LogP contribution in [0.25, 0.3) is 0 Å². The first-order chi connectivity index (χ1) is 6.70. The number of benzene rings is 1. The van der Waals surface area contributed by atoms with Gasteiger partial charge in [-0.25, -0.2) is 0 Å². The molecule has 0 saturated heterocycles. The molecule has 1 aliphatic carbocycles. The van der Waals surface area contributed by atoms with Gasteiger partial charge in [0.2, 0.25) is 0 Å². The number of ketones is 1. The van der Waals surface area contributed by atoms with Gasteiger partial charge in [0, 0.05) is 5.56 Å². The van der Waals surface area contributed by atoms with Crippen molar-refractivity contribution in [2.75, 3.05) is 0 Å². The van der Waals surface area contributed by atoms with Crippen LogP contribution >= 0.6 is 0 Å². The minimum absolute atomic E-state index is 0.211. The highest BCUT2D eigenvalue weighted by molar-refractivity contribution is 5.96. The predicted octanol–water partition coefficient (Wildman–Crippen LogP) is 3.08. The van der Waals surface area contributed by atoms with Crippen molar-refractivity contribution in [2.24, 2.45) is 0 Å². The highest BCUT2D eigenvalue weighted by Gasteiger charge is 2.16. The van der Waals surface area contributed by atoms with Crippen LogP contribution in [0.4, 0.5) is 0 Å². The van der Waals surface area contributed by atoms with Crippen LogP contribution in [0.15, 0.2) is 12.1 Å². The predicted molar refractivity (Wildman–Crippen MR) is 57.8 cm³/mol. The number of carbonyl (C=O) groups excluding carboxylic acids is 1. The van der Waals surface area contributed by atoms with E-state index in [1.807, 2.05) is 6.07 Å². The van der Waals surface area contributed by atoms with E-state index in [0.29, 0.717) is 0 Å². The zero-order chi connectivity index (χ0) is 10.1. The molecule has 0 heterocycles. The first-order valence-corrected chi connectivity index (χ1v) is 5.32. The Bertz CT molecular complexity index is 377. The average Bonchev–Trinajstić information content (AvgIpc) is 2.18. The molecule has 1 nitrogen and oxygen atoms in total. The summed E-state index contributed by atoms with van der Waals surface area (Å²) in [7, 11) is 0. The van der Waals surface area contributed by atoms with Crippen molar-refractivity contribution >= 4 is 5.78 Å². The highest BCUT2D eigenvalue weighted by atomic mass is 16.1. The molecule has 0 atom stereocenters. The topological polar surface area (TPSA) is 17.1 Å². The average molecular weight is 188 g/mol. The van der Waals surface area contributed by atoms with Gasteiger partial charge < -0.3 is 0 Å². The second kappa shape index (κ2) is 3.56. The Hall–Kier alpha value is -1.11. The SMILES string of the molecule is CC(=O)c1ccc(C)c2c1CCCC2. The molecule has 14 heavy (non-hydrogen) atoms. The Labute approximate surface area is 85.1 Å². The van der Waals surface area contributed by atoms with Crippen molar-refractivity contribution in [3.8, 4) is 0 Å². The van der Waals surface area contributed by atoms with E-state index in [2.05, 4.69) is 13.0 Å². The number of fused-ring (bicyclic) bond motifs is 1. The molecule has 74 valence electrons. The van der Waals surface area contributed by atoms with Crippen molar-refractivity contribution < 1.29 is 4.79 Å². The fourth-order valence-electron chi connectivity index (χ4n) is 2.38. The molecule has 2 rings (SSSR count). The van der Waals surface area contributed by atoms with Crippen LogP contribution in [0.2, 0.25) is 0 Å². The normalized spacial score (nSPS) is 15.0. The molecule has 0 fully saturated rings. The zero-order valence-corrected chi connectivity index (χ0v) is 8.89. The monoisotopic (exact) mass is 188 g/mol. The Morgan fingerprint density at radius 1 is 1.14 bits per heavy atom. The summed E-state index contributed by atoms with van der Waals surface area (Å²) in [6, 6.07) is 4.07. The van der Waals surface area contributed by atoms with Gasteiger partial charge in [-0.15, -0.1) is 0 Å². The molecule has 0 radical (unpaired) electrons. The minimum atomic E-state index is 0.211. The van der Waals surface area contributed by atoms with Crippen LogP contribution in [-0.4, -0.2) is 5.78 Å². The molecular formula is C13H16O. The smallest absolute Gasteiger partial charge is 0.160 e. The molecule has 0 aromatic heterocycles. The molecule has 1 aromatic carbocycles. The highest BCUT2D eigenvalue weighted by Crippen LogP contribution is 2.27. The van der Waals surface area contributed by atoms with Crippen molar-refractivity contribution in [3.63, 3.8) is 0 Å². The number of hydrogen-bond donors (Lipinski definition) is 0. The molecule has 0 aliphatic heterocycles. The van der Waals surface area contributed by atoms with E-state index >= 15 is 0 Å². The first kappa shape index (κ1) is 9.45. The van der Waals surface area contributed by atoms with Crippen LogP contribution < -0.4 is 0 Å². The van der Waals surface area contributed by atoms with Crippen LogP contribution in [0, 0.1) is 6.92 Å². The summed E-state index contributed by atoms with van der Waals surface area (Å²) in [6.07, 6.45) is 4.75. The summed E-state index contributed by atoms with van der Waals surface area (Å²) in [4.78, 5) is 11.4. The Morgan fingerprint density at radius 3 is 2.43 bits per heavy atom. The summed E-state index contributed by atoms with van der Waals surface area (Å²) in [5, 5.41) is 0. The molecule has 0 amide bonds. The summed E-state index contributed by atoms with van der Waals surface area (Å²) >= 11 is 0. The van der Waals surface area contributed by atoms with E-state index in [1.165, 1.54) is 29.5 Å². The molecule has 0 saturated carbocycles. The van der Waals surface area contributed by atoms with Gasteiger partial charge in [0.15, 0.2) is 5.78 Å². The number of rotatable bonds is 1. The van der Waals surface area contributed by atoms with E-state index in [9.17, 15) is 4.79 Å². The molecule has 1 aromatic rings. The van der Waals surface area contributed by atoms with Crippen LogP contribution in [0.1, 0.15) is 46.8 Å². The molecule has 0 unspecified atom stereocenters. The summed E-state index contributed by atoms with van der Waals surface area (Å²) in [5.74, 6) is 0.211. The van der Waals surface area contributed by atoms with Gasteiger partial charge in [0.25, 0.3) is 0 Å². The van der Waals surface area contributed by atoms with Gasteiger partial charge in [0.05, 0.1) is 0 Å². The van der Waals surface area contributed by atoms with E-state index < -0.39 is 0 Å². The summed E-state index contributed by atoms with van der Waals surface area (Å²) in [5.41, 5.74) is 5.06. The second-order valence-electron chi connectivity index (χ2n) is 4.15. The van der Waals surface area contributed by atoms with Gasteiger partial charge in [-0.1, -0.05) is 12.1 Å². The van der Waals surface area contributed by atoms with E-state index in [4.69, 9.17) is 0 Å². The van der Waals surface area contributed by atoms with Crippen molar-refractivity contribution in [1.82, 2.24) is 0 Å². The molecule has 0 spiro atoms. The van der Waals surface area contributed by atoms with Crippen LogP contribution in [0.5, 0.6) is 0 Å². The van der Waals surface area contributed by atoms with Gasteiger partial charge in [-0.05, 0) is 56.2 Å². The number of carbonyl (C=O) groups is 1. The summed E-state index contributed by atoms with van der Waals surface area (Å²) in [6.45, 7) is 3.81. The number of aryl methyl sites for hydroxylation is 1. The third-order valence-corrected chi connectivity index (χ3v) is 3.15. The first-order valence-electron chi connectivity index (χ1n) is 5.32. The third-order valence-electron chi connectivity index (χ3n) is 3.15. The van der Waals surface area contributed by atoms with E-state index in [1.54, 1.807) is 6.92 Å². The van der Waals surface area contributed by atoms with E-state index in [-0.39, 0.29) is 5.78 Å². The largest absolute Gasteiger partial charge is 0.295 e. The number of Topliss-reactive ketones (excluding diaryl/α,β-unsaturated/α-hetero) is 1. The van der Waals surface area contributed by atoms with Gasteiger partial charge >= 0.3 is 0 Å². The maximum absolute atomic E-state index is 11.4. The Morgan fingerprint density at radius 2 is 1.79 bits per heavy atom. The zero-order valence-electron chi connectivity index (χ0n) is 8.89. The quantitative estimate of drug-likeness (QED) is 0.619. The van der Waals surface area contributed by atoms with E-state index in [0.717, 1.165) is 18.4 Å². The van der Waals surface area contributed by atoms with Crippen LogP contribution in [-0.2, 0) is 12.8 Å². The summed E-state index contributed by atoms with van der Waals surface area (Å²) < 4.78 is 0.